The Morgan fingerprint density at radius 1 is 1.45 bits per heavy atom. The average molecular weight is 341 g/mol. The van der Waals surface area contributed by atoms with Crippen molar-refractivity contribution in [3.05, 3.63) is 33.8 Å². The van der Waals surface area contributed by atoms with Gasteiger partial charge in [0.2, 0.25) is 0 Å². The van der Waals surface area contributed by atoms with Gasteiger partial charge in [0.1, 0.15) is 12.1 Å². The Hall–Kier alpha value is -1.28. The number of nitrogens with zero attached hydrogens (tertiary/aromatic N) is 1. The van der Waals surface area contributed by atoms with Crippen LogP contribution in [0.1, 0.15) is 25.3 Å². The molecule has 4 nitrogen and oxygen atoms in total. The Morgan fingerprint density at radius 3 is 2.68 bits per heavy atom. The number of amides is 1. The maximum atomic E-state index is 12.1. The van der Waals surface area contributed by atoms with Gasteiger partial charge in [0, 0.05) is 5.56 Å². The number of quaternary nitrogens is 1. The summed E-state index contributed by atoms with van der Waals surface area (Å²) in [4.78, 5) is 13.2. The fraction of sp³-hybridized carbons (Fsp3) is 0.500. The molecule has 1 aromatic carbocycles. The zero-order chi connectivity index (χ0) is 16.3. The summed E-state index contributed by atoms with van der Waals surface area (Å²) >= 11 is 11.9. The average Bonchev–Trinajstić information content (AvgIpc) is 3.27. The second-order valence-corrected chi connectivity index (χ2v) is 7.01. The molecule has 0 saturated heterocycles. The van der Waals surface area contributed by atoms with E-state index in [0.717, 1.165) is 23.3 Å². The number of hydrogen-bond donors (Lipinski definition) is 2. The van der Waals surface area contributed by atoms with E-state index in [1.807, 2.05) is 19.2 Å². The van der Waals surface area contributed by atoms with Gasteiger partial charge in [0.05, 0.1) is 23.2 Å². The summed E-state index contributed by atoms with van der Waals surface area (Å²) in [5.41, 5.74) is 0.283. The smallest absolute Gasteiger partial charge is 0.276 e. The van der Waals surface area contributed by atoms with E-state index < -0.39 is 5.54 Å². The SMILES string of the molecule is C[NH+](CC(=O)N[C@](C)(C#N)C1CC1)Cc1ccc(Cl)c(Cl)c1. The molecule has 0 spiro atoms. The molecule has 1 aliphatic carbocycles. The molecule has 1 fully saturated rings. The molecule has 1 aliphatic rings. The van der Waals surface area contributed by atoms with Crippen LogP contribution in [0.5, 0.6) is 0 Å². The number of benzene rings is 1. The highest BCUT2D eigenvalue weighted by atomic mass is 35.5. The van der Waals surface area contributed by atoms with Crippen molar-refractivity contribution in [1.82, 2.24) is 5.32 Å². The van der Waals surface area contributed by atoms with Crippen LogP contribution in [-0.4, -0.2) is 25.0 Å². The molecule has 1 unspecified atom stereocenters. The minimum absolute atomic E-state index is 0.103. The van der Waals surface area contributed by atoms with Gasteiger partial charge in [-0.25, -0.2) is 0 Å². The van der Waals surface area contributed by atoms with Crippen LogP contribution >= 0.6 is 23.2 Å². The van der Waals surface area contributed by atoms with E-state index in [-0.39, 0.29) is 11.8 Å². The first-order chi connectivity index (χ1) is 10.3. The maximum absolute atomic E-state index is 12.1. The highest BCUT2D eigenvalue weighted by molar-refractivity contribution is 6.42. The number of hydrogen-bond acceptors (Lipinski definition) is 2. The third kappa shape index (κ3) is 4.36. The van der Waals surface area contributed by atoms with Crippen molar-refractivity contribution in [3.63, 3.8) is 0 Å². The highest BCUT2D eigenvalue weighted by Gasteiger charge is 2.43. The summed E-state index contributed by atoms with van der Waals surface area (Å²) in [5.74, 6) is 0.185. The predicted octanol–water partition coefficient (Wildman–Crippen LogP) is 1.82. The number of carbonyl (C=O) groups excluding carboxylic acids is 1. The number of halogens is 2. The first-order valence-electron chi connectivity index (χ1n) is 7.31. The highest BCUT2D eigenvalue weighted by Crippen LogP contribution is 2.39. The fourth-order valence-corrected chi connectivity index (χ4v) is 2.87. The van der Waals surface area contributed by atoms with E-state index in [4.69, 9.17) is 23.2 Å². The molecular weight excluding hydrogens is 321 g/mol. The summed E-state index contributed by atoms with van der Waals surface area (Å²) in [6.07, 6.45) is 2.02. The van der Waals surface area contributed by atoms with E-state index in [2.05, 4.69) is 11.4 Å². The van der Waals surface area contributed by atoms with E-state index in [1.165, 1.54) is 0 Å². The Morgan fingerprint density at radius 2 is 2.14 bits per heavy atom. The normalized spacial score (nSPS) is 18.1. The Kier molecular flexibility index (Phi) is 5.33. The lowest BCUT2D eigenvalue weighted by atomic mass is 9.98. The minimum Gasteiger partial charge on any atom is -0.333 e. The van der Waals surface area contributed by atoms with Gasteiger partial charge in [0.15, 0.2) is 6.54 Å². The van der Waals surface area contributed by atoms with Crippen LogP contribution in [0, 0.1) is 17.2 Å². The molecular formula is C16H20Cl2N3O+. The number of likely N-dealkylation sites (N-methyl/N-ethyl adjacent to an activating group) is 1. The first-order valence-corrected chi connectivity index (χ1v) is 8.07. The zero-order valence-corrected chi connectivity index (χ0v) is 14.3. The molecule has 118 valence electrons. The number of carbonyl (C=O) groups is 1. The molecule has 1 saturated carbocycles. The second kappa shape index (κ2) is 6.87. The molecule has 6 heteroatoms. The zero-order valence-electron chi connectivity index (χ0n) is 12.7. The lowest BCUT2D eigenvalue weighted by Gasteiger charge is -2.23. The molecule has 0 aromatic heterocycles. The van der Waals surface area contributed by atoms with Crippen LogP contribution in [0.3, 0.4) is 0 Å². The van der Waals surface area contributed by atoms with Gasteiger partial charge in [-0.1, -0.05) is 29.3 Å². The van der Waals surface area contributed by atoms with Crippen LogP contribution in [0.15, 0.2) is 18.2 Å². The summed E-state index contributed by atoms with van der Waals surface area (Å²) < 4.78 is 0. The monoisotopic (exact) mass is 340 g/mol. The Labute approximate surface area is 141 Å². The van der Waals surface area contributed by atoms with Crippen molar-refractivity contribution in [3.8, 4) is 6.07 Å². The van der Waals surface area contributed by atoms with Crippen LogP contribution in [-0.2, 0) is 11.3 Å². The molecule has 2 atom stereocenters. The van der Waals surface area contributed by atoms with Crippen LogP contribution in [0.4, 0.5) is 0 Å². The molecule has 0 radical (unpaired) electrons. The van der Waals surface area contributed by atoms with E-state index in [1.54, 1.807) is 13.0 Å². The van der Waals surface area contributed by atoms with E-state index in [9.17, 15) is 10.1 Å². The van der Waals surface area contributed by atoms with Gasteiger partial charge in [-0.15, -0.1) is 0 Å². The number of rotatable bonds is 6. The first kappa shape index (κ1) is 17.1. The van der Waals surface area contributed by atoms with Crippen molar-refractivity contribution < 1.29 is 9.69 Å². The van der Waals surface area contributed by atoms with Crippen molar-refractivity contribution in [2.24, 2.45) is 5.92 Å². The van der Waals surface area contributed by atoms with Gasteiger partial charge >= 0.3 is 0 Å². The molecule has 22 heavy (non-hydrogen) atoms. The van der Waals surface area contributed by atoms with E-state index >= 15 is 0 Å². The molecule has 2 rings (SSSR count). The van der Waals surface area contributed by atoms with Gasteiger partial charge in [0.25, 0.3) is 5.91 Å². The van der Waals surface area contributed by atoms with Gasteiger partial charge in [-0.05, 0) is 37.8 Å². The summed E-state index contributed by atoms with van der Waals surface area (Å²) in [7, 11) is 1.93. The maximum Gasteiger partial charge on any atom is 0.276 e. The molecule has 0 bridgehead atoms. The van der Waals surface area contributed by atoms with Crippen molar-refractivity contribution >= 4 is 29.1 Å². The molecule has 0 heterocycles. The Balaban J connectivity index is 1.88. The Bertz CT molecular complexity index is 610. The van der Waals surface area contributed by atoms with Crippen molar-refractivity contribution in [2.45, 2.75) is 31.8 Å². The third-order valence-corrected chi connectivity index (χ3v) is 4.72. The van der Waals surface area contributed by atoms with E-state index in [0.29, 0.717) is 23.1 Å². The fourth-order valence-electron chi connectivity index (χ4n) is 2.55. The largest absolute Gasteiger partial charge is 0.333 e. The van der Waals surface area contributed by atoms with Crippen molar-refractivity contribution in [2.75, 3.05) is 13.6 Å². The standard InChI is InChI=1S/C16H19Cl2N3O/c1-16(10-19,12-4-5-12)20-15(22)9-21(2)8-11-3-6-13(17)14(18)7-11/h3,6-7,12H,4-5,8-9H2,1-2H3,(H,20,22)/p+1/t16-/m1/s1. The predicted molar refractivity (Wildman–Crippen MR) is 86.8 cm³/mol. The number of nitrogens with one attached hydrogen (secondary N) is 2. The van der Waals surface area contributed by atoms with Gasteiger partial charge in [-0.3, -0.25) is 4.79 Å². The number of nitriles is 1. The van der Waals surface area contributed by atoms with Crippen LogP contribution in [0.2, 0.25) is 10.0 Å². The lowest BCUT2D eigenvalue weighted by molar-refractivity contribution is -0.885. The topological polar surface area (TPSA) is 57.3 Å². The van der Waals surface area contributed by atoms with Crippen molar-refractivity contribution in [1.29, 1.82) is 5.26 Å². The second-order valence-electron chi connectivity index (χ2n) is 6.20. The molecule has 2 N–H and O–H groups in total. The third-order valence-electron chi connectivity index (χ3n) is 3.98. The van der Waals surface area contributed by atoms with Crippen LogP contribution < -0.4 is 10.2 Å². The van der Waals surface area contributed by atoms with Gasteiger partial charge < -0.3 is 10.2 Å². The quantitative estimate of drug-likeness (QED) is 0.829. The summed E-state index contributed by atoms with van der Waals surface area (Å²) in [6.45, 7) is 2.78. The minimum atomic E-state index is -0.735. The summed E-state index contributed by atoms with van der Waals surface area (Å²) in [6, 6.07) is 7.71. The molecule has 1 amide bonds. The van der Waals surface area contributed by atoms with Gasteiger partial charge in [-0.2, -0.15) is 5.26 Å². The molecule has 0 aliphatic heterocycles. The lowest BCUT2D eigenvalue weighted by Crippen LogP contribution is -3.09. The van der Waals surface area contributed by atoms with Crippen LogP contribution in [0.25, 0.3) is 0 Å². The summed E-state index contributed by atoms with van der Waals surface area (Å²) in [5, 5.41) is 13.2. The molecule has 1 aromatic rings.